The molecule has 0 saturated heterocycles. The normalized spacial score (nSPS) is 10.8. The van der Waals surface area contributed by atoms with Crippen LogP contribution in [0.4, 0.5) is 4.39 Å². The van der Waals surface area contributed by atoms with Gasteiger partial charge in [-0.15, -0.1) is 0 Å². The van der Waals surface area contributed by atoms with Crippen LogP contribution < -0.4 is 0 Å². The first kappa shape index (κ1) is 11.4. The lowest BCUT2D eigenvalue weighted by Gasteiger charge is -2.01. The van der Waals surface area contributed by atoms with Crippen LogP contribution in [0.25, 0.3) is 6.08 Å². The average Bonchev–Trinajstić information content (AvgIpc) is 2.08. The van der Waals surface area contributed by atoms with Gasteiger partial charge in [0, 0.05) is 15.0 Å². The number of carbonyl (C=O) groups is 1. The van der Waals surface area contributed by atoms with Crippen molar-refractivity contribution in [2.45, 2.75) is 0 Å². The third-order valence-electron chi connectivity index (χ3n) is 1.43. The molecule has 0 unspecified atom stereocenters. The Hall–Kier alpha value is -0.680. The van der Waals surface area contributed by atoms with Crippen molar-refractivity contribution in [3.8, 4) is 0 Å². The Morgan fingerprint density at radius 2 is 2.07 bits per heavy atom. The molecule has 1 N–H and O–H groups in total. The largest absolute Gasteiger partial charge is 0.478 e. The molecule has 0 aliphatic rings. The summed E-state index contributed by atoms with van der Waals surface area (Å²) in [4.78, 5) is 10.2. The fourth-order valence-corrected chi connectivity index (χ4v) is 1.67. The van der Waals surface area contributed by atoms with E-state index in [1.54, 1.807) is 0 Å². The van der Waals surface area contributed by atoms with Gasteiger partial charge in [0.15, 0.2) is 0 Å². The summed E-state index contributed by atoms with van der Waals surface area (Å²) in [5.41, 5.74) is 0.472. The maximum absolute atomic E-state index is 12.9. The van der Waals surface area contributed by atoms with Gasteiger partial charge >= 0.3 is 5.97 Å². The number of rotatable bonds is 2. The highest BCUT2D eigenvalue weighted by molar-refractivity contribution is 9.13. The van der Waals surface area contributed by atoms with Gasteiger partial charge in [-0.05, 0) is 55.6 Å². The van der Waals surface area contributed by atoms with Crippen LogP contribution in [0.5, 0.6) is 0 Å². The second-order valence-corrected chi connectivity index (χ2v) is 4.11. The molecule has 1 aromatic rings. The first-order valence-corrected chi connectivity index (χ1v) is 5.15. The molecular formula is C9H5Br2FO2. The Balaban J connectivity index is 3.14. The molecule has 0 aromatic heterocycles. The van der Waals surface area contributed by atoms with Gasteiger partial charge in [-0.3, -0.25) is 0 Å². The number of halogens is 3. The molecule has 0 aliphatic carbocycles. The van der Waals surface area contributed by atoms with Crippen LogP contribution >= 0.6 is 31.9 Å². The van der Waals surface area contributed by atoms with Gasteiger partial charge in [-0.25, -0.2) is 9.18 Å². The van der Waals surface area contributed by atoms with Crippen molar-refractivity contribution in [2.24, 2.45) is 0 Å². The topological polar surface area (TPSA) is 37.3 Å². The zero-order valence-electron chi connectivity index (χ0n) is 6.80. The molecule has 0 spiro atoms. The second-order valence-electron chi connectivity index (χ2n) is 2.46. The van der Waals surface area contributed by atoms with Crippen molar-refractivity contribution in [3.05, 3.63) is 38.5 Å². The van der Waals surface area contributed by atoms with E-state index in [1.165, 1.54) is 18.2 Å². The molecule has 0 radical (unpaired) electrons. The second kappa shape index (κ2) is 4.70. The number of carboxylic acids is 1. The number of hydrogen-bond donors (Lipinski definition) is 1. The van der Waals surface area contributed by atoms with Crippen molar-refractivity contribution < 1.29 is 14.3 Å². The minimum atomic E-state index is -1.07. The Kier molecular flexibility index (Phi) is 3.83. The predicted octanol–water partition coefficient (Wildman–Crippen LogP) is 3.45. The molecule has 0 heterocycles. The zero-order valence-corrected chi connectivity index (χ0v) is 9.97. The fourth-order valence-electron chi connectivity index (χ4n) is 0.858. The highest BCUT2D eigenvalue weighted by atomic mass is 79.9. The molecule has 1 aromatic carbocycles. The smallest absolute Gasteiger partial charge is 0.328 e. The molecule has 0 fully saturated rings. The van der Waals surface area contributed by atoms with Crippen molar-refractivity contribution in [3.63, 3.8) is 0 Å². The summed E-state index contributed by atoms with van der Waals surface area (Å²) in [6, 6.07) is 2.54. The molecule has 74 valence electrons. The summed E-state index contributed by atoms with van der Waals surface area (Å²) in [6.07, 6.45) is 2.27. The van der Waals surface area contributed by atoms with Gasteiger partial charge in [0.05, 0.1) is 0 Å². The Morgan fingerprint density at radius 1 is 1.43 bits per heavy atom. The van der Waals surface area contributed by atoms with Crippen molar-refractivity contribution in [2.75, 3.05) is 0 Å². The van der Waals surface area contributed by atoms with E-state index in [2.05, 4.69) is 31.9 Å². The van der Waals surface area contributed by atoms with Crippen LogP contribution in [0, 0.1) is 5.82 Å². The molecule has 14 heavy (non-hydrogen) atoms. The Morgan fingerprint density at radius 3 is 2.64 bits per heavy atom. The predicted molar refractivity (Wildman–Crippen MR) is 58.5 cm³/mol. The van der Waals surface area contributed by atoms with Gasteiger partial charge in [0.25, 0.3) is 0 Å². The van der Waals surface area contributed by atoms with Crippen LogP contribution in [0.3, 0.4) is 0 Å². The lowest BCUT2D eigenvalue weighted by Crippen LogP contribution is -1.87. The minimum Gasteiger partial charge on any atom is -0.478 e. The standard InChI is InChI=1S/C9H5Br2FO2/c10-7-4-6(12)3-5(9(7)11)1-2-8(13)14/h1-4H,(H,13,14)/b2-1+. The van der Waals surface area contributed by atoms with E-state index in [0.29, 0.717) is 14.5 Å². The zero-order chi connectivity index (χ0) is 10.7. The van der Waals surface area contributed by atoms with E-state index < -0.39 is 11.8 Å². The lowest BCUT2D eigenvalue weighted by molar-refractivity contribution is -0.131. The van der Waals surface area contributed by atoms with Gasteiger partial charge in [-0.1, -0.05) is 0 Å². The summed E-state index contributed by atoms with van der Waals surface area (Å²) in [5, 5.41) is 8.40. The molecule has 0 aliphatic heterocycles. The monoisotopic (exact) mass is 322 g/mol. The number of benzene rings is 1. The van der Waals surface area contributed by atoms with E-state index in [9.17, 15) is 9.18 Å². The van der Waals surface area contributed by atoms with E-state index in [-0.39, 0.29) is 0 Å². The summed E-state index contributed by atoms with van der Waals surface area (Å²) in [6.45, 7) is 0. The van der Waals surface area contributed by atoms with Crippen LogP contribution in [0.2, 0.25) is 0 Å². The number of aliphatic carboxylic acids is 1. The third-order valence-corrected chi connectivity index (χ3v) is 3.47. The molecule has 0 atom stereocenters. The quantitative estimate of drug-likeness (QED) is 0.668. The third kappa shape index (κ3) is 2.92. The summed E-state index contributed by atoms with van der Waals surface area (Å²) in [5.74, 6) is -1.50. The van der Waals surface area contributed by atoms with Crippen molar-refractivity contribution >= 4 is 43.9 Å². The van der Waals surface area contributed by atoms with E-state index in [0.717, 1.165) is 6.08 Å². The fraction of sp³-hybridized carbons (Fsp3) is 0. The molecule has 2 nitrogen and oxygen atoms in total. The maximum atomic E-state index is 12.9. The Bertz CT molecular complexity index is 402. The van der Waals surface area contributed by atoms with Gasteiger partial charge in [0.1, 0.15) is 5.82 Å². The first-order valence-electron chi connectivity index (χ1n) is 3.56. The van der Waals surface area contributed by atoms with Gasteiger partial charge in [0.2, 0.25) is 0 Å². The Labute approximate surface area is 96.7 Å². The van der Waals surface area contributed by atoms with Crippen LogP contribution in [0.15, 0.2) is 27.2 Å². The highest BCUT2D eigenvalue weighted by Gasteiger charge is 2.04. The summed E-state index contributed by atoms with van der Waals surface area (Å²) >= 11 is 6.34. The van der Waals surface area contributed by atoms with E-state index in [4.69, 9.17) is 5.11 Å². The van der Waals surface area contributed by atoms with E-state index >= 15 is 0 Å². The first-order chi connectivity index (χ1) is 6.50. The van der Waals surface area contributed by atoms with Gasteiger partial charge in [-0.2, -0.15) is 0 Å². The molecule has 1 rings (SSSR count). The highest BCUT2D eigenvalue weighted by Crippen LogP contribution is 2.28. The van der Waals surface area contributed by atoms with Crippen LogP contribution in [0.1, 0.15) is 5.56 Å². The van der Waals surface area contributed by atoms with Crippen LogP contribution in [-0.4, -0.2) is 11.1 Å². The average molecular weight is 324 g/mol. The molecule has 0 bridgehead atoms. The lowest BCUT2D eigenvalue weighted by atomic mass is 10.2. The number of carboxylic acid groups (broad SMARTS) is 1. The minimum absolute atomic E-state index is 0.426. The van der Waals surface area contributed by atoms with Crippen molar-refractivity contribution in [1.82, 2.24) is 0 Å². The summed E-state index contributed by atoms with van der Waals surface area (Å²) < 4.78 is 14.1. The maximum Gasteiger partial charge on any atom is 0.328 e. The van der Waals surface area contributed by atoms with Gasteiger partial charge < -0.3 is 5.11 Å². The molecule has 5 heteroatoms. The number of hydrogen-bond acceptors (Lipinski definition) is 1. The van der Waals surface area contributed by atoms with Crippen LogP contribution in [-0.2, 0) is 4.79 Å². The molecule has 0 amide bonds. The molecule has 0 saturated carbocycles. The summed E-state index contributed by atoms with van der Waals surface area (Å²) in [7, 11) is 0. The van der Waals surface area contributed by atoms with Crippen molar-refractivity contribution in [1.29, 1.82) is 0 Å². The molecular weight excluding hydrogens is 319 g/mol. The SMILES string of the molecule is O=C(O)/C=C/c1cc(F)cc(Br)c1Br. The van der Waals surface area contributed by atoms with E-state index in [1.807, 2.05) is 0 Å².